The van der Waals surface area contributed by atoms with Crippen molar-refractivity contribution in [2.75, 3.05) is 19.0 Å². The van der Waals surface area contributed by atoms with Crippen molar-refractivity contribution in [1.29, 1.82) is 0 Å². The monoisotopic (exact) mass is 272 g/mol. The first-order valence-electron chi connectivity index (χ1n) is 5.91. The molecule has 0 aliphatic carbocycles. The molecule has 1 aromatic rings. The first-order valence-corrected chi connectivity index (χ1v) is 5.91. The van der Waals surface area contributed by atoms with Gasteiger partial charge in [0.05, 0.1) is 23.9 Å². The number of rotatable bonds is 6. The highest BCUT2D eigenvalue weighted by atomic mass is 19.1. The number of amides is 1. The Hall–Kier alpha value is -1.69. The smallest absolute Gasteiger partial charge is 0.251 e. The second-order valence-corrected chi connectivity index (χ2v) is 4.63. The molecule has 1 atom stereocenters. The number of halogens is 2. The first-order chi connectivity index (χ1) is 8.86. The van der Waals surface area contributed by atoms with E-state index in [4.69, 9.17) is 10.5 Å². The van der Waals surface area contributed by atoms with Gasteiger partial charge < -0.3 is 15.8 Å². The summed E-state index contributed by atoms with van der Waals surface area (Å²) in [6.07, 6.45) is 0. The highest BCUT2D eigenvalue weighted by Gasteiger charge is 2.18. The van der Waals surface area contributed by atoms with Crippen LogP contribution in [0.1, 0.15) is 24.2 Å². The molecule has 1 amide bonds. The molecule has 0 spiro atoms. The number of hydrogen-bond acceptors (Lipinski definition) is 3. The Morgan fingerprint density at radius 2 is 2.00 bits per heavy atom. The van der Waals surface area contributed by atoms with Gasteiger partial charge in [0.2, 0.25) is 0 Å². The van der Waals surface area contributed by atoms with Crippen molar-refractivity contribution < 1.29 is 18.3 Å². The van der Waals surface area contributed by atoms with Crippen molar-refractivity contribution in [2.45, 2.75) is 19.9 Å². The summed E-state index contributed by atoms with van der Waals surface area (Å²) in [7, 11) is 1.53. The maximum Gasteiger partial charge on any atom is 0.251 e. The molecule has 6 heteroatoms. The number of benzene rings is 1. The molecular formula is C13H18F2N2O2. The average Bonchev–Trinajstić information content (AvgIpc) is 2.30. The summed E-state index contributed by atoms with van der Waals surface area (Å²) in [6.45, 7) is 4.24. The van der Waals surface area contributed by atoms with E-state index in [9.17, 15) is 13.6 Å². The first kappa shape index (κ1) is 15.4. The number of hydrogen-bond donors (Lipinski definition) is 2. The molecule has 0 heterocycles. The van der Waals surface area contributed by atoms with Crippen LogP contribution in [0, 0.1) is 17.6 Å². The van der Waals surface area contributed by atoms with Crippen LogP contribution >= 0.6 is 0 Å². The quantitative estimate of drug-likeness (QED) is 0.834. The van der Waals surface area contributed by atoms with E-state index in [0.717, 1.165) is 6.07 Å². The van der Waals surface area contributed by atoms with Crippen molar-refractivity contribution in [3.63, 3.8) is 0 Å². The highest BCUT2D eigenvalue weighted by molar-refractivity contribution is 5.94. The third-order valence-corrected chi connectivity index (χ3v) is 2.81. The predicted molar refractivity (Wildman–Crippen MR) is 69.0 cm³/mol. The summed E-state index contributed by atoms with van der Waals surface area (Å²) >= 11 is 0. The van der Waals surface area contributed by atoms with E-state index in [-0.39, 0.29) is 23.2 Å². The number of nitrogens with two attached hydrogens (primary N) is 1. The van der Waals surface area contributed by atoms with E-state index >= 15 is 0 Å². The number of ether oxygens (including phenoxy) is 1. The van der Waals surface area contributed by atoms with Gasteiger partial charge in [-0.3, -0.25) is 4.79 Å². The van der Waals surface area contributed by atoms with Gasteiger partial charge in [-0.25, -0.2) is 8.78 Å². The van der Waals surface area contributed by atoms with E-state index < -0.39 is 17.5 Å². The predicted octanol–water partition coefficient (Wildman–Crippen LogP) is 2.15. The Morgan fingerprint density at radius 1 is 1.37 bits per heavy atom. The molecule has 0 radical (unpaired) electrons. The second-order valence-electron chi connectivity index (χ2n) is 4.63. The normalized spacial score (nSPS) is 12.5. The van der Waals surface area contributed by atoms with E-state index in [1.807, 2.05) is 13.8 Å². The van der Waals surface area contributed by atoms with Crippen LogP contribution in [0.3, 0.4) is 0 Å². The highest BCUT2D eigenvalue weighted by Crippen LogP contribution is 2.21. The van der Waals surface area contributed by atoms with Crippen molar-refractivity contribution in [3.05, 3.63) is 29.3 Å². The van der Waals surface area contributed by atoms with Gasteiger partial charge in [-0.05, 0) is 12.0 Å². The number of carbonyl (C=O) groups is 1. The van der Waals surface area contributed by atoms with Crippen molar-refractivity contribution >= 4 is 11.6 Å². The van der Waals surface area contributed by atoms with Crippen LogP contribution < -0.4 is 11.1 Å². The van der Waals surface area contributed by atoms with Crippen LogP contribution in [0.25, 0.3) is 0 Å². The van der Waals surface area contributed by atoms with Gasteiger partial charge in [0.1, 0.15) is 11.6 Å². The Balaban J connectivity index is 3.05. The number of primary amides is 1. The Morgan fingerprint density at radius 3 is 2.47 bits per heavy atom. The Labute approximate surface area is 110 Å². The van der Waals surface area contributed by atoms with Crippen LogP contribution in [0.5, 0.6) is 0 Å². The lowest BCUT2D eigenvalue weighted by atomic mass is 10.0. The fourth-order valence-corrected chi connectivity index (χ4v) is 1.63. The fraction of sp³-hybridized carbons (Fsp3) is 0.462. The van der Waals surface area contributed by atoms with E-state index in [1.54, 1.807) is 0 Å². The van der Waals surface area contributed by atoms with Gasteiger partial charge in [-0.1, -0.05) is 13.8 Å². The molecule has 1 rings (SSSR count). The summed E-state index contributed by atoms with van der Waals surface area (Å²) in [6, 6.07) is 1.57. The van der Waals surface area contributed by atoms with Crippen LogP contribution in [-0.4, -0.2) is 25.7 Å². The molecule has 4 nitrogen and oxygen atoms in total. The summed E-state index contributed by atoms with van der Waals surface area (Å²) in [5.74, 6) is -2.51. The van der Waals surface area contributed by atoms with E-state index in [2.05, 4.69) is 5.32 Å². The van der Waals surface area contributed by atoms with Crippen LogP contribution in [0.15, 0.2) is 12.1 Å². The SMILES string of the molecule is COCC(Nc1cc(C(N)=O)c(F)cc1F)C(C)C. The minimum Gasteiger partial charge on any atom is -0.383 e. The van der Waals surface area contributed by atoms with Crippen LogP contribution in [0.4, 0.5) is 14.5 Å². The Kier molecular flexibility index (Phi) is 5.23. The van der Waals surface area contributed by atoms with Crippen molar-refractivity contribution in [3.8, 4) is 0 Å². The van der Waals surface area contributed by atoms with Crippen molar-refractivity contribution in [1.82, 2.24) is 0 Å². The zero-order valence-electron chi connectivity index (χ0n) is 11.2. The third kappa shape index (κ3) is 3.89. The van der Waals surface area contributed by atoms with Crippen LogP contribution in [0.2, 0.25) is 0 Å². The maximum absolute atomic E-state index is 13.7. The lowest BCUT2D eigenvalue weighted by Crippen LogP contribution is -2.31. The molecule has 0 aliphatic heterocycles. The Bertz CT molecular complexity index is 464. The summed E-state index contributed by atoms with van der Waals surface area (Å²) in [5.41, 5.74) is 4.72. The standard InChI is InChI=1S/C13H18F2N2O2/c1-7(2)12(6-19-3)17-11-4-8(13(16)18)9(14)5-10(11)15/h4-5,7,12,17H,6H2,1-3H3,(H2,16,18). The van der Waals surface area contributed by atoms with Crippen LogP contribution in [-0.2, 0) is 4.74 Å². The zero-order chi connectivity index (χ0) is 14.6. The summed E-state index contributed by atoms with van der Waals surface area (Å²) in [4.78, 5) is 11.0. The summed E-state index contributed by atoms with van der Waals surface area (Å²) < 4.78 is 32.0. The molecule has 106 valence electrons. The minimum absolute atomic E-state index is 0.0333. The van der Waals surface area contributed by atoms with Gasteiger partial charge in [-0.2, -0.15) is 0 Å². The largest absolute Gasteiger partial charge is 0.383 e. The molecule has 0 aliphatic rings. The molecule has 0 aromatic heterocycles. The molecule has 0 fully saturated rings. The molecule has 3 N–H and O–H groups in total. The third-order valence-electron chi connectivity index (χ3n) is 2.81. The van der Waals surface area contributed by atoms with Gasteiger partial charge >= 0.3 is 0 Å². The number of carbonyl (C=O) groups excluding carboxylic acids is 1. The van der Waals surface area contributed by atoms with E-state index in [0.29, 0.717) is 12.7 Å². The molecule has 19 heavy (non-hydrogen) atoms. The molecule has 0 bridgehead atoms. The summed E-state index contributed by atoms with van der Waals surface area (Å²) in [5, 5.41) is 2.90. The molecule has 0 saturated heterocycles. The molecular weight excluding hydrogens is 254 g/mol. The number of anilines is 1. The van der Waals surface area contributed by atoms with E-state index in [1.165, 1.54) is 7.11 Å². The lowest BCUT2D eigenvalue weighted by Gasteiger charge is -2.23. The molecule has 0 saturated carbocycles. The lowest BCUT2D eigenvalue weighted by molar-refractivity contribution is 0.0996. The minimum atomic E-state index is -0.969. The van der Waals surface area contributed by atoms with Gasteiger partial charge in [0.15, 0.2) is 0 Å². The van der Waals surface area contributed by atoms with Crippen molar-refractivity contribution in [2.24, 2.45) is 11.7 Å². The topological polar surface area (TPSA) is 64.3 Å². The van der Waals surface area contributed by atoms with Gasteiger partial charge in [0, 0.05) is 13.2 Å². The maximum atomic E-state index is 13.7. The zero-order valence-corrected chi connectivity index (χ0v) is 11.2. The fourth-order valence-electron chi connectivity index (χ4n) is 1.63. The average molecular weight is 272 g/mol. The van der Waals surface area contributed by atoms with Gasteiger partial charge in [-0.15, -0.1) is 0 Å². The number of methoxy groups -OCH3 is 1. The number of nitrogens with one attached hydrogen (secondary N) is 1. The van der Waals surface area contributed by atoms with Gasteiger partial charge in [0.25, 0.3) is 5.91 Å². The second kappa shape index (κ2) is 6.47. The molecule has 1 unspecified atom stereocenters. The molecule has 1 aromatic carbocycles.